The van der Waals surface area contributed by atoms with Crippen molar-refractivity contribution in [2.24, 2.45) is 0 Å². The molecule has 0 saturated carbocycles. The van der Waals surface area contributed by atoms with Crippen molar-refractivity contribution < 1.29 is 4.57 Å². The fraction of sp³-hybridized carbons (Fsp3) is 0.200. The molecule has 0 atom stereocenters. The maximum Gasteiger partial charge on any atom is 0.146 e. The van der Waals surface area contributed by atoms with Gasteiger partial charge in [0.2, 0.25) is 0 Å². The molecule has 0 spiro atoms. The fourth-order valence-corrected chi connectivity index (χ4v) is 6.92. The third-order valence-electron chi connectivity index (χ3n) is 3.95. The van der Waals surface area contributed by atoms with Crippen LogP contribution in [0, 0.1) is 0 Å². The molecule has 3 heteroatoms. The van der Waals surface area contributed by atoms with E-state index in [4.69, 9.17) is 0 Å². The van der Waals surface area contributed by atoms with Crippen molar-refractivity contribution in [3.8, 4) is 0 Å². The van der Waals surface area contributed by atoms with Crippen LogP contribution in [0.2, 0.25) is 19.1 Å². The van der Waals surface area contributed by atoms with E-state index in [-0.39, 0.29) is 0 Å². The Morgan fingerprint density at radius 2 is 1.43 bits per heavy atom. The first-order valence-corrected chi connectivity index (χ1v) is 13.1. The summed E-state index contributed by atoms with van der Waals surface area (Å²) >= 11 is 0. The Balaban J connectivity index is 2.35. The van der Waals surface area contributed by atoms with Gasteiger partial charge in [0.15, 0.2) is 0 Å². The van der Waals surface area contributed by atoms with Gasteiger partial charge in [-0.1, -0.05) is 91.6 Å². The molecule has 2 aromatic carbocycles. The summed E-state index contributed by atoms with van der Waals surface area (Å²) in [5.74, 6) is 0. The van der Waals surface area contributed by atoms with Crippen molar-refractivity contribution in [2.45, 2.75) is 19.1 Å². The minimum atomic E-state index is -2.62. The van der Waals surface area contributed by atoms with Gasteiger partial charge in [-0.25, -0.2) is 0 Å². The lowest BCUT2D eigenvalue weighted by Crippen LogP contribution is -2.22. The first-order chi connectivity index (χ1) is 11.0. The highest BCUT2D eigenvalue weighted by atomic mass is 31.2. The van der Waals surface area contributed by atoms with Crippen LogP contribution in [0.5, 0.6) is 0 Å². The van der Waals surface area contributed by atoms with E-state index in [9.17, 15) is 4.57 Å². The number of benzene rings is 2. The van der Waals surface area contributed by atoms with Crippen molar-refractivity contribution in [1.82, 2.24) is 0 Å². The van der Waals surface area contributed by atoms with Crippen LogP contribution in [0.3, 0.4) is 0 Å². The Morgan fingerprint density at radius 1 is 0.957 bits per heavy atom. The van der Waals surface area contributed by atoms with Crippen molar-refractivity contribution in [1.29, 1.82) is 0 Å². The normalized spacial score (nSPS) is 12.4. The largest absolute Gasteiger partial charge is 0.313 e. The van der Waals surface area contributed by atoms with Gasteiger partial charge < -0.3 is 4.57 Å². The number of hydrogen-bond donors (Lipinski definition) is 0. The van der Waals surface area contributed by atoms with E-state index in [0.717, 1.165) is 16.7 Å². The van der Waals surface area contributed by atoms with E-state index < -0.39 is 15.2 Å². The van der Waals surface area contributed by atoms with E-state index in [1.54, 1.807) is 0 Å². The van der Waals surface area contributed by atoms with Gasteiger partial charge in [0.05, 0.1) is 8.07 Å². The topological polar surface area (TPSA) is 17.1 Å². The van der Waals surface area contributed by atoms with Crippen LogP contribution < -0.4 is 10.6 Å². The molecule has 2 rings (SSSR count). The Hall–Kier alpha value is -1.63. The first kappa shape index (κ1) is 17.7. The average molecular weight is 340 g/mol. The molecular formula is C20H25OPSi. The molecule has 0 fully saturated rings. The predicted octanol–water partition coefficient (Wildman–Crippen LogP) is 4.99. The second-order valence-corrected chi connectivity index (χ2v) is 14.1. The molecule has 120 valence electrons. The van der Waals surface area contributed by atoms with Crippen LogP contribution in [0.4, 0.5) is 0 Å². The van der Waals surface area contributed by atoms with E-state index in [2.05, 4.69) is 31.4 Å². The molecular weight excluding hydrogens is 315 g/mol. The smallest absolute Gasteiger partial charge is 0.146 e. The molecule has 0 radical (unpaired) electrons. The minimum absolute atomic E-state index is 0.578. The van der Waals surface area contributed by atoms with Crippen LogP contribution in [0.15, 0.2) is 85.1 Å². The van der Waals surface area contributed by atoms with E-state index in [1.807, 2.05) is 66.7 Å². The monoisotopic (exact) mass is 340 g/mol. The Bertz CT molecular complexity index is 661. The molecule has 0 amide bonds. The molecule has 0 unspecified atom stereocenters. The van der Waals surface area contributed by atoms with Crippen molar-refractivity contribution in [3.05, 3.63) is 85.1 Å². The minimum Gasteiger partial charge on any atom is -0.313 e. The SMILES string of the molecule is C=CC[Si](C)(C)/C=C/CP(=O)(c1ccccc1)c1ccccc1. The number of rotatable bonds is 7. The standard InChI is InChI=1S/C20H25OPSi/c1-4-17-23(2,3)18-11-16-22(21,19-12-7-5-8-13-19)20-14-9-6-10-15-20/h4-15,18H,1,16-17H2,2-3H3/b18-11+. The summed E-state index contributed by atoms with van der Waals surface area (Å²) in [6.07, 6.45) is 4.70. The number of hydrogen-bond acceptors (Lipinski definition) is 1. The summed E-state index contributed by atoms with van der Waals surface area (Å²) in [6, 6.07) is 20.8. The highest BCUT2D eigenvalue weighted by Crippen LogP contribution is 2.43. The average Bonchev–Trinajstić information content (AvgIpc) is 2.56. The molecule has 0 aliphatic heterocycles. The fourth-order valence-electron chi connectivity index (χ4n) is 2.66. The van der Waals surface area contributed by atoms with E-state index >= 15 is 0 Å². The second-order valence-electron chi connectivity index (χ2n) is 6.48. The lowest BCUT2D eigenvalue weighted by atomic mass is 10.4. The quantitative estimate of drug-likeness (QED) is 0.394. The summed E-state index contributed by atoms with van der Waals surface area (Å²) < 4.78 is 13.8. The molecule has 0 saturated heterocycles. The van der Waals surface area contributed by atoms with Gasteiger partial charge in [0.1, 0.15) is 7.14 Å². The maximum atomic E-state index is 13.8. The van der Waals surface area contributed by atoms with Crippen LogP contribution in [0.1, 0.15) is 0 Å². The molecule has 0 aliphatic carbocycles. The molecule has 0 N–H and O–H groups in total. The van der Waals surface area contributed by atoms with Crippen LogP contribution in [-0.2, 0) is 4.57 Å². The molecule has 23 heavy (non-hydrogen) atoms. The molecule has 0 bridgehead atoms. The van der Waals surface area contributed by atoms with Gasteiger partial charge >= 0.3 is 0 Å². The van der Waals surface area contributed by atoms with Gasteiger partial charge in [-0.3, -0.25) is 0 Å². The van der Waals surface area contributed by atoms with E-state index in [0.29, 0.717) is 6.16 Å². The summed E-state index contributed by atoms with van der Waals surface area (Å²) in [5.41, 5.74) is 2.30. The molecule has 2 aromatic rings. The third kappa shape index (κ3) is 4.67. The predicted molar refractivity (Wildman–Crippen MR) is 106 cm³/mol. The Labute approximate surface area is 141 Å². The molecule has 0 aromatic heterocycles. The van der Waals surface area contributed by atoms with Gasteiger partial charge in [0.25, 0.3) is 0 Å². The first-order valence-electron chi connectivity index (χ1n) is 7.97. The van der Waals surface area contributed by atoms with Gasteiger partial charge in [-0.2, -0.15) is 0 Å². The van der Waals surface area contributed by atoms with Crippen LogP contribution in [0.25, 0.3) is 0 Å². The highest BCUT2D eigenvalue weighted by Gasteiger charge is 2.26. The highest BCUT2D eigenvalue weighted by molar-refractivity contribution is 7.78. The zero-order chi connectivity index (χ0) is 16.8. The Morgan fingerprint density at radius 3 is 1.87 bits per heavy atom. The maximum absolute atomic E-state index is 13.8. The zero-order valence-electron chi connectivity index (χ0n) is 14.0. The summed E-state index contributed by atoms with van der Waals surface area (Å²) in [6.45, 7) is 8.46. The summed E-state index contributed by atoms with van der Waals surface area (Å²) in [7, 11) is -4.04. The van der Waals surface area contributed by atoms with Gasteiger partial charge in [-0.15, -0.1) is 6.58 Å². The summed E-state index contributed by atoms with van der Waals surface area (Å²) in [5, 5.41) is 1.86. The lowest BCUT2D eigenvalue weighted by molar-refractivity contribution is 0.588. The second kappa shape index (κ2) is 7.76. The molecule has 1 nitrogen and oxygen atoms in total. The van der Waals surface area contributed by atoms with Crippen molar-refractivity contribution >= 4 is 25.8 Å². The van der Waals surface area contributed by atoms with Gasteiger partial charge in [0, 0.05) is 16.8 Å². The Kier molecular flexibility index (Phi) is 5.98. The van der Waals surface area contributed by atoms with E-state index in [1.165, 1.54) is 0 Å². The lowest BCUT2D eigenvalue weighted by Gasteiger charge is -2.19. The van der Waals surface area contributed by atoms with Gasteiger partial charge in [-0.05, 0) is 6.04 Å². The van der Waals surface area contributed by atoms with Crippen LogP contribution in [-0.4, -0.2) is 14.2 Å². The number of allylic oxidation sites excluding steroid dienone is 2. The molecule has 0 aliphatic rings. The van der Waals surface area contributed by atoms with Crippen molar-refractivity contribution in [3.63, 3.8) is 0 Å². The van der Waals surface area contributed by atoms with Crippen LogP contribution >= 0.6 is 7.14 Å². The molecule has 0 heterocycles. The zero-order valence-corrected chi connectivity index (χ0v) is 15.9. The third-order valence-corrected chi connectivity index (χ3v) is 9.42. The van der Waals surface area contributed by atoms with Crippen molar-refractivity contribution in [2.75, 3.05) is 6.16 Å². The summed E-state index contributed by atoms with van der Waals surface area (Å²) in [4.78, 5) is 0.